The molecular formula is C13H12ClN5O. The molecule has 0 radical (unpaired) electrons. The third-order valence-electron chi connectivity index (χ3n) is 3.04. The number of urea groups is 1. The second kappa shape index (κ2) is 4.97. The van der Waals surface area contributed by atoms with E-state index in [0.29, 0.717) is 23.8 Å². The summed E-state index contributed by atoms with van der Waals surface area (Å²) in [6.45, 7) is 0.899. The summed E-state index contributed by atoms with van der Waals surface area (Å²) in [5.41, 5.74) is 7.90. The smallest absolute Gasteiger partial charge is 0.322 e. The van der Waals surface area contributed by atoms with Crippen LogP contribution in [0.5, 0.6) is 0 Å². The van der Waals surface area contributed by atoms with Crippen molar-refractivity contribution < 1.29 is 4.79 Å². The van der Waals surface area contributed by atoms with E-state index in [9.17, 15) is 4.79 Å². The second-order valence-corrected chi connectivity index (χ2v) is 4.93. The summed E-state index contributed by atoms with van der Waals surface area (Å²) in [6.07, 6.45) is 1.66. The van der Waals surface area contributed by atoms with E-state index in [1.807, 2.05) is 0 Å². The van der Waals surface area contributed by atoms with Crippen LogP contribution >= 0.6 is 11.6 Å². The number of hydrogen-bond donors (Lipinski definition) is 2. The van der Waals surface area contributed by atoms with Crippen LogP contribution in [0.15, 0.2) is 30.5 Å². The van der Waals surface area contributed by atoms with Crippen molar-refractivity contribution in [3.63, 3.8) is 0 Å². The predicted octanol–water partition coefficient (Wildman–Crippen LogP) is 2.26. The van der Waals surface area contributed by atoms with Crippen molar-refractivity contribution in [2.75, 3.05) is 11.1 Å². The molecule has 0 atom stereocenters. The summed E-state index contributed by atoms with van der Waals surface area (Å²) in [5, 5.41) is 3.37. The number of nitrogen functional groups attached to an aromatic ring is 1. The van der Waals surface area contributed by atoms with E-state index in [2.05, 4.69) is 15.3 Å². The molecule has 20 heavy (non-hydrogen) atoms. The first-order valence-electron chi connectivity index (χ1n) is 6.03. The van der Waals surface area contributed by atoms with E-state index >= 15 is 0 Å². The lowest BCUT2D eigenvalue weighted by Crippen LogP contribution is -2.30. The summed E-state index contributed by atoms with van der Waals surface area (Å²) in [6, 6.07) is 6.80. The third kappa shape index (κ3) is 2.50. The van der Waals surface area contributed by atoms with Crippen LogP contribution in [0.25, 0.3) is 0 Å². The lowest BCUT2D eigenvalue weighted by molar-refractivity contribution is 0.212. The molecule has 7 heteroatoms. The molecule has 3 N–H and O–H groups in total. The Balaban J connectivity index is 1.71. The number of hydrogen-bond acceptors (Lipinski definition) is 4. The molecular weight excluding hydrogens is 278 g/mol. The second-order valence-electron chi connectivity index (χ2n) is 4.50. The Labute approximate surface area is 120 Å². The Morgan fingerprint density at radius 3 is 3.05 bits per heavy atom. The van der Waals surface area contributed by atoms with Gasteiger partial charge in [0.15, 0.2) is 0 Å². The molecule has 2 heterocycles. The normalized spacial score (nSPS) is 13.2. The van der Waals surface area contributed by atoms with Crippen molar-refractivity contribution in [3.05, 3.63) is 46.7 Å². The van der Waals surface area contributed by atoms with Gasteiger partial charge >= 0.3 is 6.03 Å². The van der Waals surface area contributed by atoms with Gasteiger partial charge in [0.25, 0.3) is 0 Å². The van der Waals surface area contributed by atoms with Crippen LogP contribution in [-0.2, 0) is 13.1 Å². The average molecular weight is 290 g/mol. The van der Waals surface area contributed by atoms with Gasteiger partial charge in [0, 0.05) is 22.5 Å². The van der Waals surface area contributed by atoms with Crippen molar-refractivity contribution in [2.45, 2.75) is 13.1 Å². The topological polar surface area (TPSA) is 84.1 Å². The average Bonchev–Trinajstić information content (AvgIpc) is 2.81. The monoisotopic (exact) mass is 289 g/mol. The molecule has 0 saturated carbocycles. The fourth-order valence-corrected chi connectivity index (χ4v) is 2.27. The van der Waals surface area contributed by atoms with Gasteiger partial charge in [-0.3, -0.25) is 0 Å². The highest BCUT2D eigenvalue weighted by atomic mass is 35.5. The minimum Gasteiger partial charge on any atom is -0.368 e. The van der Waals surface area contributed by atoms with E-state index in [1.165, 1.54) is 0 Å². The van der Waals surface area contributed by atoms with Crippen LogP contribution < -0.4 is 11.1 Å². The largest absolute Gasteiger partial charge is 0.368 e. The molecule has 1 aromatic heterocycles. The van der Waals surface area contributed by atoms with Crippen molar-refractivity contribution in [2.24, 2.45) is 0 Å². The molecule has 0 fully saturated rings. The molecule has 2 aromatic rings. The van der Waals surface area contributed by atoms with Gasteiger partial charge in [-0.05, 0) is 18.2 Å². The van der Waals surface area contributed by atoms with Crippen LogP contribution in [0.1, 0.15) is 11.3 Å². The lowest BCUT2D eigenvalue weighted by atomic mass is 10.3. The molecule has 0 spiro atoms. The molecule has 0 aliphatic carbocycles. The molecule has 3 rings (SSSR count). The van der Waals surface area contributed by atoms with Crippen molar-refractivity contribution in [3.8, 4) is 0 Å². The SMILES string of the molecule is Nc1ncc2c(n1)CN(C(=O)Nc1cccc(Cl)c1)C2. The van der Waals surface area contributed by atoms with Gasteiger partial charge in [-0.25, -0.2) is 14.8 Å². The number of amides is 2. The summed E-state index contributed by atoms with van der Waals surface area (Å²) in [5.74, 6) is 0.223. The fourth-order valence-electron chi connectivity index (χ4n) is 2.08. The molecule has 1 aromatic carbocycles. The molecule has 0 unspecified atom stereocenters. The Kier molecular flexibility index (Phi) is 3.15. The summed E-state index contributed by atoms with van der Waals surface area (Å²) < 4.78 is 0. The highest BCUT2D eigenvalue weighted by Gasteiger charge is 2.25. The maximum absolute atomic E-state index is 12.2. The highest BCUT2D eigenvalue weighted by Crippen LogP contribution is 2.22. The number of halogens is 1. The van der Waals surface area contributed by atoms with Crippen molar-refractivity contribution in [1.82, 2.24) is 14.9 Å². The van der Waals surface area contributed by atoms with Crippen molar-refractivity contribution >= 4 is 29.3 Å². The summed E-state index contributed by atoms with van der Waals surface area (Å²) in [7, 11) is 0. The van der Waals surface area contributed by atoms with Crippen LogP contribution in [0.4, 0.5) is 16.4 Å². The van der Waals surface area contributed by atoms with E-state index in [4.69, 9.17) is 17.3 Å². The zero-order valence-electron chi connectivity index (χ0n) is 10.5. The van der Waals surface area contributed by atoms with Crippen LogP contribution in [0, 0.1) is 0 Å². The lowest BCUT2D eigenvalue weighted by Gasteiger charge is -2.16. The third-order valence-corrected chi connectivity index (χ3v) is 3.27. The fraction of sp³-hybridized carbons (Fsp3) is 0.154. The van der Waals surface area contributed by atoms with E-state index in [1.54, 1.807) is 35.4 Å². The minimum atomic E-state index is -0.205. The Bertz CT molecular complexity index is 676. The maximum atomic E-state index is 12.2. The summed E-state index contributed by atoms with van der Waals surface area (Å²) >= 11 is 5.88. The first-order chi connectivity index (χ1) is 9.61. The molecule has 102 valence electrons. The summed E-state index contributed by atoms with van der Waals surface area (Å²) in [4.78, 5) is 21.9. The molecule has 2 amide bonds. The van der Waals surface area contributed by atoms with E-state index < -0.39 is 0 Å². The van der Waals surface area contributed by atoms with Gasteiger partial charge in [-0.1, -0.05) is 17.7 Å². The molecule has 1 aliphatic rings. The zero-order valence-corrected chi connectivity index (χ0v) is 11.3. The number of carbonyl (C=O) groups excluding carboxylic acids is 1. The number of nitrogens with two attached hydrogens (primary N) is 1. The van der Waals surface area contributed by atoms with E-state index in [0.717, 1.165) is 11.3 Å². The van der Waals surface area contributed by atoms with Crippen LogP contribution in [0.3, 0.4) is 0 Å². The highest BCUT2D eigenvalue weighted by molar-refractivity contribution is 6.30. The van der Waals surface area contributed by atoms with E-state index in [-0.39, 0.29) is 12.0 Å². The van der Waals surface area contributed by atoms with Crippen LogP contribution in [0.2, 0.25) is 5.02 Å². The standard InChI is InChI=1S/C13H12ClN5O/c14-9-2-1-3-10(4-9)17-13(20)19-6-8-5-16-12(15)18-11(8)7-19/h1-5H,6-7H2,(H,17,20)(H2,15,16,18). The maximum Gasteiger partial charge on any atom is 0.322 e. The molecule has 6 nitrogen and oxygen atoms in total. The zero-order chi connectivity index (χ0) is 14.1. The minimum absolute atomic E-state index is 0.205. The first kappa shape index (κ1) is 12.7. The van der Waals surface area contributed by atoms with Crippen molar-refractivity contribution in [1.29, 1.82) is 0 Å². The predicted molar refractivity (Wildman–Crippen MR) is 76.2 cm³/mol. The van der Waals surface area contributed by atoms with Gasteiger partial charge in [-0.15, -0.1) is 0 Å². The number of fused-ring (bicyclic) bond motifs is 1. The number of anilines is 2. The number of nitrogens with one attached hydrogen (secondary N) is 1. The Morgan fingerprint density at radius 1 is 1.40 bits per heavy atom. The quantitative estimate of drug-likeness (QED) is 0.843. The number of rotatable bonds is 1. The van der Waals surface area contributed by atoms with Gasteiger partial charge in [0.1, 0.15) is 0 Å². The number of benzene rings is 1. The molecule has 0 saturated heterocycles. The van der Waals surface area contributed by atoms with Crippen LogP contribution in [-0.4, -0.2) is 20.9 Å². The Morgan fingerprint density at radius 2 is 2.25 bits per heavy atom. The van der Waals surface area contributed by atoms with Gasteiger partial charge < -0.3 is 16.0 Å². The van der Waals surface area contributed by atoms with Gasteiger partial charge in [0.2, 0.25) is 5.95 Å². The number of aromatic nitrogens is 2. The molecule has 1 aliphatic heterocycles. The van der Waals surface area contributed by atoms with Gasteiger partial charge in [-0.2, -0.15) is 0 Å². The first-order valence-corrected chi connectivity index (χ1v) is 6.41. The number of nitrogens with zero attached hydrogens (tertiary/aromatic N) is 3. The molecule has 0 bridgehead atoms. The number of carbonyl (C=O) groups is 1. The Hall–Kier alpha value is -2.34. The van der Waals surface area contributed by atoms with Gasteiger partial charge in [0.05, 0.1) is 18.8 Å².